The highest BCUT2D eigenvalue weighted by molar-refractivity contribution is 6.31. The van der Waals surface area contributed by atoms with Gasteiger partial charge in [0.2, 0.25) is 0 Å². The molecule has 0 spiro atoms. The summed E-state index contributed by atoms with van der Waals surface area (Å²) in [5.74, 6) is 0.306. The Bertz CT molecular complexity index is 1240. The van der Waals surface area contributed by atoms with Crippen LogP contribution in [0.1, 0.15) is 83.0 Å². The zero-order valence-electron chi connectivity index (χ0n) is 20.7. The maximum atomic E-state index is 13.1. The number of likely N-dealkylation sites (tertiary alicyclic amines) is 1. The third-order valence-corrected chi connectivity index (χ3v) is 7.08. The van der Waals surface area contributed by atoms with Crippen LogP contribution in [0.3, 0.4) is 0 Å². The number of nitrogens with zero attached hydrogens (tertiary/aromatic N) is 4. The molecule has 2 aromatic heterocycles. The van der Waals surface area contributed by atoms with Crippen LogP contribution in [0.25, 0.3) is 0 Å². The SMILES string of the molecule is CC.Cc1ccncc1C(=O)N1CCC(c2cncc(N3C(=O)c4ccc(Cl)cc4[C@@H]3C)c2)CC1. The van der Waals surface area contributed by atoms with E-state index in [2.05, 4.69) is 16.0 Å². The Morgan fingerprint density at radius 2 is 1.77 bits per heavy atom. The molecule has 3 aromatic rings. The van der Waals surface area contributed by atoms with Crippen LogP contribution in [0.2, 0.25) is 5.02 Å². The number of rotatable bonds is 3. The molecule has 2 amide bonds. The van der Waals surface area contributed by atoms with Gasteiger partial charge in [0, 0.05) is 42.3 Å². The summed E-state index contributed by atoms with van der Waals surface area (Å²) >= 11 is 6.17. The lowest BCUT2D eigenvalue weighted by molar-refractivity contribution is 0.0711. The standard InChI is InChI=1S/C26H25ClN4O2.C2H6/c1-16-5-8-28-15-24(16)25(32)30-9-6-18(7-10-30)19-11-21(14-29-13-19)31-17(2)23-12-20(27)3-4-22(23)26(31)33;1-2/h3-5,8,11-15,17-18H,6-7,9-10H2,1-2H3;1-2H3/t17-;/m0./s1. The average molecular weight is 491 g/mol. The second-order valence-electron chi connectivity index (χ2n) is 8.82. The molecule has 1 fully saturated rings. The molecule has 1 saturated heterocycles. The highest BCUT2D eigenvalue weighted by atomic mass is 35.5. The normalized spacial score (nSPS) is 17.6. The van der Waals surface area contributed by atoms with E-state index in [9.17, 15) is 9.59 Å². The number of hydrogen-bond donors (Lipinski definition) is 0. The summed E-state index contributed by atoms with van der Waals surface area (Å²) in [6, 6.07) is 9.25. The summed E-state index contributed by atoms with van der Waals surface area (Å²) in [6.45, 7) is 9.32. The molecule has 4 heterocycles. The van der Waals surface area contributed by atoms with Crippen molar-refractivity contribution in [2.75, 3.05) is 18.0 Å². The third kappa shape index (κ3) is 4.80. The maximum absolute atomic E-state index is 13.1. The predicted molar refractivity (Wildman–Crippen MR) is 139 cm³/mol. The molecule has 7 heteroatoms. The Labute approximate surface area is 212 Å². The minimum absolute atomic E-state index is 0.0274. The summed E-state index contributed by atoms with van der Waals surface area (Å²) in [5.41, 5.74) is 5.14. The second kappa shape index (κ2) is 10.6. The zero-order valence-corrected chi connectivity index (χ0v) is 21.4. The summed E-state index contributed by atoms with van der Waals surface area (Å²) in [7, 11) is 0. The highest BCUT2D eigenvalue weighted by Gasteiger charge is 2.35. The van der Waals surface area contributed by atoms with E-state index < -0.39 is 0 Å². The van der Waals surface area contributed by atoms with E-state index in [1.54, 1.807) is 35.6 Å². The van der Waals surface area contributed by atoms with Gasteiger partial charge in [-0.15, -0.1) is 0 Å². The number of pyridine rings is 2. The van der Waals surface area contributed by atoms with E-state index in [0.29, 0.717) is 35.2 Å². The lowest BCUT2D eigenvalue weighted by Gasteiger charge is -2.33. The van der Waals surface area contributed by atoms with E-state index in [1.165, 1.54) is 0 Å². The van der Waals surface area contributed by atoms with E-state index in [0.717, 1.165) is 35.2 Å². The number of amides is 2. The Morgan fingerprint density at radius 1 is 1.03 bits per heavy atom. The topological polar surface area (TPSA) is 66.4 Å². The summed E-state index contributed by atoms with van der Waals surface area (Å²) in [6.07, 6.45) is 8.69. The van der Waals surface area contributed by atoms with Gasteiger partial charge in [0.1, 0.15) is 0 Å². The largest absolute Gasteiger partial charge is 0.339 e. The van der Waals surface area contributed by atoms with Gasteiger partial charge in [-0.25, -0.2) is 0 Å². The average Bonchev–Trinajstić information content (AvgIpc) is 3.14. The van der Waals surface area contributed by atoms with E-state index in [-0.39, 0.29) is 17.9 Å². The first-order chi connectivity index (χ1) is 16.9. The quantitative estimate of drug-likeness (QED) is 0.438. The Kier molecular flexibility index (Phi) is 7.51. The second-order valence-corrected chi connectivity index (χ2v) is 9.25. The number of anilines is 1. The van der Waals surface area contributed by atoms with Gasteiger partial charge >= 0.3 is 0 Å². The van der Waals surface area contributed by atoms with E-state index in [4.69, 9.17) is 11.6 Å². The number of hydrogen-bond acceptors (Lipinski definition) is 4. The van der Waals surface area contributed by atoms with Gasteiger partial charge in [0.15, 0.2) is 0 Å². The fourth-order valence-corrected chi connectivity index (χ4v) is 5.11. The van der Waals surface area contributed by atoms with Crippen molar-refractivity contribution in [3.05, 3.63) is 88.0 Å². The summed E-state index contributed by atoms with van der Waals surface area (Å²) in [4.78, 5) is 38.3. The first-order valence-corrected chi connectivity index (χ1v) is 12.6. The van der Waals surface area contributed by atoms with Crippen molar-refractivity contribution in [2.45, 2.75) is 52.5 Å². The molecule has 0 unspecified atom stereocenters. The van der Waals surface area contributed by atoms with E-state index in [1.807, 2.05) is 50.9 Å². The molecule has 35 heavy (non-hydrogen) atoms. The van der Waals surface area contributed by atoms with Crippen LogP contribution < -0.4 is 4.90 Å². The number of aryl methyl sites for hydroxylation is 1. The first-order valence-electron chi connectivity index (χ1n) is 12.2. The molecule has 1 aromatic carbocycles. The molecular formula is C28H31ClN4O2. The van der Waals surface area contributed by atoms with Gasteiger partial charge in [-0.2, -0.15) is 0 Å². The lowest BCUT2D eigenvalue weighted by Crippen LogP contribution is -2.38. The first kappa shape index (κ1) is 24.9. The minimum Gasteiger partial charge on any atom is -0.339 e. The van der Waals surface area contributed by atoms with Crippen molar-refractivity contribution in [3.63, 3.8) is 0 Å². The third-order valence-electron chi connectivity index (χ3n) is 6.85. The van der Waals surface area contributed by atoms with Crippen LogP contribution in [0.5, 0.6) is 0 Å². The molecule has 1 atom stereocenters. The van der Waals surface area contributed by atoms with Gasteiger partial charge in [-0.05, 0) is 79.6 Å². The molecule has 0 saturated carbocycles. The van der Waals surface area contributed by atoms with Crippen molar-refractivity contribution in [1.82, 2.24) is 14.9 Å². The summed E-state index contributed by atoms with van der Waals surface area (Å²) < 4.78 is 0. The van der Waals surface area contributed by atoms with Crippen LogP contribution in [-0.4, -0.2) is 39.8 Å². The number of carbonyl (C=O) groups excluding carboxylic acids is 2. The monoisotopic (exact) mass is 490 g/mol. The van der Waals surface area contributed by atoms with Crippen molar-refractivity contribution < 1.29 is 9.59 Å². The molecule has 6 nitrogen and oxygen atoms in total. The van der Waals surface area contributed by atoms with Crippen molar-refractivity contribution >= 4 is 29.1 Å². The molecule has 5 rings (SSSR count). The fraction of sp³-hybridized carbons (Fsp3) is 0.357. The maximum Gasteiger partial charge on any atom is 0.259 e. The van der Waals surface area contributed by atoms with Crippen molar-refractivity contribution in [2.24, 2.45) is 0 Å². The predicted octanol–water partition coefficient (Wildman–Crippen LogP) is 6.21. The number of piperidine rings is 1. The van der Waals surface area contributed by atoms with E-state index >= 15 is 0 Å². The lowest BCUT2D eigenvalue weighted by atomic mass is 9.90. The van der Waals surface area contributed by atoms with Crippen molar-refractivity contribution in [1.29, 1.82) is 0 Å². The smallest absolute Gasteiger partial charge is 0.259 e. The molecule has 2 aliphatic rings. The minimum atomic E-state index is -0.106. The number of halogens is 1. The number of carbonyl (C=O) groups is 2. The molecule has 2 aliphatic heterocycles. The molecule has 182 valence electrons. The van der Waals surface area contributed by atoms with Gasteiger partial charge in [0.05, 0.1) is 23.5 Å². The Balaban J connectivity index is 0.00000141. The fourth-order valence-electron chi connectivity index (χ4n) is 4.93. The van der Waals surface area contributed by atoms with Gasteiger partial charge in [-0.1, -0.05) is 25.4 Å². The van der Waals surface area contributed by atoms with Crippen LogP contribution in [-0.2, 0) is 0 Å². The van der Waals surface area contributed by atoms with Gasteiger partial charge in [-0.3, -0.25) is 24.5 Å². The Hall–Kier alpha value is -3.25. The Morgan fingerprint density at radius 3 is 2.49 bits per heavy atom. The molecule has 0 bridgehead atoms. The van der Waals surface area contributed by atoms with Crippen LogP contribution in [0.4, 0.5) is 5.69 Å². The zero-order chi connectivity index (χ0) is 25.1. The van der Waals surface area contributed by atoms with Crippen LogP contribution >= 0.6 is 11.6 Å². The number of benzene rings is 1. The molecule has 0 aliphatic carbocycles. The van der Waals surface area contributed by atoms with Gasteiger partial charge < -0.3 is 4.90 Å². The molecule has 0 N–H and O–H groups in total. The summed E-state index contributed by atoms with van der Waals surface area (Å²) in [5, 5.41) is 0.630. The van der Waals surface area contributed by atoms with Crippen molar-refractivity contribution in [3.8, 4) is 0 Å². The molecule has 0 radical (unpaired) electrons. The van der Waals surface area contributed by atoms with Crippen LogP contribution in [0, 0.1) is 6.92 Å². The van der Waals surface area contributed by atoms with Crippen LogP contribution in [0.15, 0.2) is 55.1 Å². The highest BCUT2D eigenvalue weighted by Crippen LogP contribution is 2.39. The number of aromatic nitrogens is 2. The molecular weight excluding hydrogens is 460 g/mol. The van der Waals surface area contributed by atoms with Gasteiger partial charge in [0.25, 0.3) is 11.8 Å². The number of fused-ring (bicyclic) bond motifs is 1.